The molecule has 7 heteroatoms. The Morgan fingerprint density at radius 2 is 1.80 bits per heavy atom. The van der Waals surface area contributed by atoms with Crippen molar-refractivity contribution in [1.82, 2.24) is 24.7 Å². The van der Waals surface area contributed by atoms with Crippen LogP contribution in [0.3, 0.4) is 0 Å². The molecule has 0 aliphatic carbocycles. The molecule has 0 radical (unpaired) electrons. The van der Waals surface area contributed by atoms with Crippen LogP contribution in [0.25, 0.3) is 17.0 Å². The Bertz CT molecular complexity index is 891. The molecule has 0 N–H and O–H groups in total. The van der Waals surface area contributed by atoms with Crippen molar-refractivity contribution in [2.45, 2.75) is 13.3 Å². The molecule has 3 aromatic rings. The molecule has 128 valence electrons. The number of hydrogen-bond acceptors (Lipinski definition) is 5. The van der Waals surface area contributed by atoms with Gasteiger partial charge in [0.25, 0.3) is 0 Å². The van der Waals surface area contributed by atoms with Crippen molar-refractivity contribution in [2.75, 3.05) is 31.1 Å². The van der Waals surface area contributed by atoms with Crippen LogP contribution >= 0.6 is 0 Å². The Kier molecular flexibility index (Phi) is 4.05. The van der Waals surface area contributed by atoms with Gasteiger partial charge < -0.3 is 9.80 Å². The Morgan fingerprint density at radius 3 is 2.60 bits per heavy atom. The monoisotopic (exact) mass is 336 g/mol. The summed E-state index contributed by atoms with van der Waals surface area (Å²) < 4.78 is 1.79. The Balaban J connectivity index is 1.66. The molecule has 1 aliphatic heterocycles. The number of fused-ring (bicyclic) bond motifs is 1. The van der Waals surface area contributed by atoms with Gasteiger partial charge in [0.05, 0.1) is 0 Å². The molecule has 1 fully saturated rings. The van der Waals surface area contributed by atoms with Gasteiger partial charge in [0.1, 0.15) is 5.82 Å². The van der Waals surface area contributed by atoms with Crippen LogP contribution in [0.1, 0.15) is 13.3 Å². The van der Waals surface area contributed by atoms with E-state index < -0.39 is 0 Å². The highest BCUT2D eigenvalue weighted by molar-refractivity contribution is 5.73. The summed E-state index contributed by atoms with van der Waals surface area (Å²) in [5.41, 5.74) is 1.71. The topological polar surface area (TPSA) is 66.6 Å². The lowest BCUT2D eigenvalue weighted by Crippen LogP contribution is -2.34. The average Bonchev–Trinajstić information content (AvgIpc) is 2.89. The van der Waals surface area contributed by atoms with Crippen molar-refractivity contribution in [2.24, 2.45) is 0 Å². The zero-order chi connectivity index (χ0) is 17.2. The van der Waals surface area contributed by atoms with Crippen LogP contribution in [0.15, 0.2) is 42.5 Å². The molecular weight excluding hydrogens is 316 g/mol. The van der Waals surface area contributed by atoms with Crippen molar-refractivity contribution in [3.8, 4) is 11.4 Å². The number of rotatable bonds is 2. The highest BCUT2D eigenvalue weighted by Gasteiger charge is 2.18. The lowest BCUT2D eigenvalue weighted by Gasteiger charge is -2.22. The van der Waals surface area contributed by atoms with E-state index in [0.717, 1.165) is 55.5 Å². The summed E-state index contributed by atoms with van der Waals surface area (Å²) >= 11 is 0. The number of amides is 1. The SMILES string of the molecule is CC(=O)N1CCCN(c2ccc3nnc(-c4ccccc4)n3n2)CC1. The summed E-state index contributed by atoms with van der Waals surface area (Å²) in [6, 6.07) is 13.8. The largest absolute Gasteiger partial charge is 0.353 e. The normalized spacial score (nSPS) is 15.4. The molecule has 0 unspecified atom stereocenters. The van der Waals surface area contributed by atoms with E-state index in [1.54, 1.807) is 11.4 Å². The maximum absolute atomic E-state index is 11.6. The molecule has 2 aromatic heterocycles. The predicted molar refractivity (Wildman–Crippen MR) is 95.3 cm³/mol. The van der Waals surface area contributed by atoms with Gasteiger partial charge in [0.15, 0.2) is 11.5 Å². The molecule has 0 bridgehead atoms. The van der Waals surface area contributed by atoms with Gasteiger partial charge >= 0.3 is 0 Å². The quantitative estimate of drug-likeness (QED) is 0.714. The molecule has 1 aromatic carbocycles. The number of carbonyl (C=O) groups is 1. The van der Waals surface area contributed by atoms with Gasteiger partial charge in [0.2, 0.25) is 5.91 Å². The number of carbonyl (C=O) groups excluding carboxylic acids is 1. The van der Waals surface area contributed by atoms with Crippen molar-refractivity contribution >= 4 is 17.4 Å². The number of hydrogen-bond donors (Lipinski definition) is 0. The molecule has 1 amide bonds. The molecule has 0 saturated carbocycles. The second kappa shape index (κ2) is 6.51. The van der Waals surface area contributed by atoms with Gasteiger partial charge in [-0.05, 0) is 18.6 Å². The Morgan fingerprint density at radius 1 is 0.960 bits per heavy atom. The first kappa shape index (κ1) is 15.6. The van der Waals surface area contributed by atoms with Crippen LogP contribution in [0.2, 0.25) is 0 Å². The lowest BCUT2D eigenvalue weighted by atomic mass is 10.2. The minimum atomic E-state index is 0.135. The smallest absolute Gasteiger partial charge is 0.219 e. The van der Waals surface area contributed by atoms with Crippen LogP contribution in [-0.4, -0.2) is 56.8 Å². The lowest BCUT2D eigenvalue weighted by molar-refractivity contribution is -0.128. The Labute approximate surface area is 145 Å². The van der Waals surface area contributed by atoms with Crippen LogP contribution < -0.4 is 4.90 Å². The first-order chi connectivity index (χ1) is 12.2. The van der Waals surface area contributed by atoms with Crippen LogP contribution in [0.5, 0.6) is 0 Å². The van der Waals surface area contributed by atoms with Gasteiger partial charge in [-0.3, -0.25) is 4.79 Å². The fourth-order valence-corrected chi connectivity index (χ4v) is 3.18. The summed E-state index contributed by atoms with van der Waals surface area (Å²) in [5, 5.41) is 13.3. The van der Waals surface area contributed by atoms with Crippen molar-refractivity contribution < 1.29 is 4.79 Å². The average molecular weight is 336 g/mol. The van der Waals surface area contributed by atoms with E-state index in [1.165, 1.54) is 0 Å². The van der Waals surface area contributed by atoms with E-state index in [4.69, 9.17) is 5.10 Å². The first-order valence-electron chi connectivity index (χ1n) is 8.51. The molecule has 4 rings (SSSR count). The van der Waals surface area contributed by atoms with E-state index in [-0.39, 0.29) is 5.91 Å². The molecule has 3 heterocycles. The fraction of sp³-hybridized carbons (Fsp3) is 0.333. The van der Waals surface area contributed by atoms with E-state index >= 15 is 0 Å². The Hall–Kier alpha value is -2.96. The van der Waals surface area contributed by atoms with E-state index in [2.05, 4.69) is 15.1 Å². The van der Waals surface area contributed by atoms with E-state index in [9.17, 15) is 4.79 Å². The molecular formula is C18H20N6O. The van der Waals surface area contributed by atoms with Gasteiger partial charge in [-0.2, -0.15) is 4.52 Å². The van der Waals surface area contributed by atoms with Crippen LogP contribution in [0, 0.1) is 0 Å². The number of benzene rings is 1. The summed E-state index contributed by atoms with van der Waals surface area (Å²) in [5.74, 6) is 1.75. The molecule has 0 spiro atoms. The minimum absolute atomic E-state index is 0.135. The molecule has 7 nitrogen and oxygen atoms in total. The maximum atomic E-state index is 11.6. The predicted octanol–water partition coefficient (Wildman–Crippen LogP) is 1.85. The van der Waals surface area contributed by atoms with Crippen molar-refractivity contribution in [3.05, 3.63) is 42.5 Å². The third kappa shape index (κ3) is 3.05. The van der Waals surface area contributed by atoms with Crippen molar-refractivity contribution in [1.29, 1.82) is 0 Å². The zero-order valence-corrected chi connectivity index (χ0v) is 14.2. The third-order valence-corrected chi connectivity index (χ3v) is 4.55. The fourth-order valence-electron chi connectivity index (χ4n) is 3.18. The second-order valence-corrected chi connectivity index (χ2v) is 6.20. The minimum Gasteiger partial charge on any atom is -0.353 e. The number of aromatic nitrogens is 4. The summed E-state index contributed by atoms with van der Waals surface area (Å²) in [6.45, 7) is 4.81. The third-order valence-electron chi connectivity index (χ3n) is 4.55. The van der Waals surface area contributed by atoms with Gasteiger partial charge in [-0.1, -0.05) is 30.3 Å². The summed E-state index contributed by atoms with van der Waals surface area (Å²) in [4.78, 5) is 15.7. The van der Waals surface area contributed by atoms with Crippen LogP contribution in [0.4, 0.5) is 5.82 Å². The van der Waals surface area contributed by atoms with E-state index in [0.29, 0.717) is 0 Å². The van der Waals surface area contributed by atoms with Crippen molar-refractivity contribution in [3.63, 3.8) is 0 Å². The summed E-state index contributed by atoms with van der Waals surface area (Å²) in [6.07, 6.45) is 0.938. The molecule has 0 atom stereocenters. The summed E-state index contributed by atoms with van der Waals surface area (Å²) in [7, 11) is 0. The van der Waals surface area contributed by atoms with Crippen LogP contribution in [-0.2, 0) is 4.79 Å². The van der Waals surface area contributed by atoms with Gasteiger partial charge in [0, 0.05) is 38.7 Å². The standard InChI is InChI=1S/C18H20N6O/c1-14(25)22-10-5-11-23(13-12-22)17-9-8-16-19-20-18(24(16)21-17)15-6-3-2-4-7-15/h2-4,6-9H,5,10-13H2,1H3. The zero-order valence-electron chi connectivity index (χ0n) is 14.2. The number of nitrogens with zero attached hydrogens (tertiary/aromatic N) is 6. The van der Waals surface area contributed by atoms with Gasteiger partial charge in [-0.25, -0.2) is 0 Å². The highest BCUT2D eigenvalue weighted by atomic mass is 16.2. The first-order valence-corrected chi connectivity index (χ1v) is 8.51. The van der Waals surface area contributed by atoms with Gasteiger partial charge in [-0.15, -0.1) is 15.3 Å². The second-order valence-electron chi connectivity index (χ2n) is 6.20. The number of anilines is 1. The molecule has 25 heavy (non-hydrogen) atoms. The highest BCUT2D eigenvalue weighted by Crippen LogP contribution is 2.20. The van der Waals surface area contributed by atoms with E-state index in [1.807, 2.05) is 47.4 Å². The molecule has 1 saturated heterocycles. The maximum Gasteiger partial charge on any atom is 0.219 e. The molecule has 1 aliphatic rings.